The molecule has 0 unspecified atom stereocenters. The molecule has 0 heterocycles. The third kappa shape index (κ3) is 9.56. The lowest BCUT2D eigenvalue weighted by Gasteiger charge is -2.12. The van der Waals surface area contributed by atoms with Crippen LogP contribution in [-0.2, 0) is 0 Å². The van der Waals surface area contributed by atoms with E-state index >= 15 is 0 Å². The highest BCUT2D eigenvalue weighted by molar-refractivity contribution is 6.92. The maximum atomic E-state index is 9.46. The molecular formula is C12H20O2Si. The zero-order valence-corrected chi connectivity index (χ0v) is 11.4. The summed E-state index contributed by atoms with van der Waals surface area (Å²) in [7, 11) is -1.97. The first-order valence-electron chi connectivity index (χ1n) is 4.95. The van der Waals surface area contributed by atoms with Gasteiger partial charge in [0.05, 0.1) is 0 Å². The van der Waals surface area contributed by atoms with Gasteiger partial charge in [0.2, 0.25) is 8.07 Å². The van der Waals surface area contributed by atoms with Crippen LogP contribution in [0.4, 0.5) is 0 Å². The summed E-state index contributed by atoms with van der Waals surface area (Å²) >= 11 is 0. The molecule has 2 N–H and O–H groups in total. The Balaban J connectivity index is 4.82. The first-order valence-corrected chi connectivity index (χ1v) is 7.95. The lowest BCUT2D eigenvalue weighted by atomic mass is 10.2. The Morgan fingerprint density at radius 2 is 1.07 bits per heavy atom. The van der Waals surface area contributed by atoms with Crippen LogP contribution in [0.1, 0.15) is 27.7 Å². The Labute approximate surface area is 93.7 Å². The van der Waals surface area contributed by atoms with Crippen molar-refractivity contribution in [1.82, 2.24) is 0 Å². The van der Waals surface area contributed by atoms with Crippen molar-refractivity contribution >= 4 is 8.07 Å². The Bertz CT molecular complexity index is 300. The van der Waals surface area contributed by atoms with E-state index in [1.54, 1.807) is 27.7 Å². The normalized spacial score (nSPS) is 12.3. The van der Waals surface area contributed by atoms with E-state index < -0.39 is 19.3 Å². The third-order valence-corrected chi connectivity index (χ3v) is 2.86. The van der Waals surface area contributed by atoms with E-state index in [1.807, 2.05) is 13.1 Å². The Morgan fingerprint density at radius 1 is 0.800 bits per heavy atom. The van der Waals surface area contributed by atoms with E-state index in [1.165, 1.54) is 0 Å². The Kier molecular flexibility index (Phi) is 4.19. The largest absolute Gasteiger partial charge is 0.378 e. The summed E-state index contributed by atoms with van der Waals surface area (Å²) in [5.41, 5.74) is 4.11. The van der Waals surface area contributed by atoms with Gasteiger partial charge in [-0.1, -0.05) is 11.8 Å². The van der Waals surface area contributed by atoms with Crippen molar-refractivity contribution in [2.45, 2.75) is 52.0 Å². The molecule has 2 nitrogen and oxygen atoms in total. The van der Waals surface area contributed by atoms with E-state index in [4.69, 9.17) is 0 Å². The molecule has 3 heteroatoms. The third-order valence-electron chi connectivity index (χ3n) is 1.36. The standard InChI is InChI=1S/C12H20O2Si/c1-11(2,13)7-9-15(5,6)10-8-12(3,4)14/h13-14H,1-6H3. The number of rotatable bonds is 0. The van der Waals surface area contributed by atoms with E-state index in [9.17, 15) is 10.2 Å². The number of aliphatic hydroxyl groups is 2. The van der Waals surface area contributed by atoms with Crippen molar-refractivity contribution in [2.24, 2.45) is 0 Å². The fraction of sp³-hybridized carbons (Fsp3) is 0.667. The van der Waals surface area contributed by atoms with Gasteiger partial charge in [-0.3, -0.25) is 0 Å². The molecule has 0 atom stereocenters. The zero-order chi connectivity index (χ0) is 12.3. The summed E-state index contributed by atoms with van der Waals surface area (Å²) in [4.78, 5) is 0. The SMILES string of the molecule is CC(C)(O)C#C[Si](C)(C)C#CC(C)(C)O. The van der Waals surface area contributed by atoms with Crippen molar-refractivity contribution in [2.75, 3.05) is 0 Å². The van der Waals surface area contributed by atoms with E-state index in [2.05, 4.69) is 22.9 Å². The lowest BCUT2D eigenvalue weighted by molar-refractivity contribution is 0.143. The molecule has 0 radical (unpaired) electrons. The van der Waals surface area contributed by atoms with E-state index in [0.29, 0.717) is 0 Å². The Hall–Kier alpha value is -0.743. The molecular weight excluding hydrogens is 204 g/mol. The molecule has 0 aliphatic heterocycles. The highest BCUT2D eigenvalue weighted by Gasteiger charge is 2.17. The molecule has 84 valence electrons. The number of hydrogen-bond donors (Lipinski definition) is 2. The maximum absolute atomic E-state index is 9.46. The van der Waals surface area contributed by atoms with Gasteiger partial charge in [0.15, 0.2) is 0 Å². The minimum Gasteiger partial charge on any atom is -0.378 e. The highest BCUT2D eigenvalue weighted by atomic mass is 28.3. The molecule has 15 heavy (non-hydrogen) atoms. The average Bonchev–Trinajstić information content (AvgIpc) is 1.96. The summed E-state index contributed by atoms with van der Waals surface area (Å²) in [6.45, 7) is 10.6. The van der Waals surface area contributed by atoms with E-state index in [0.717, 1.165) is 0 Å². The molecule has 0 aromatic heterocycles. The van der Waals surface area contributed by atoms with Crippen LogP contribution < -0.4 is 0 Å². The number of hydrogen-bond acceptors (Lipinski definition) is 2. The van der Waals surface area contributed by atoms with Gasteiger partial charge < -0.3 is 10.2 Å². The topological polar surface area (TPSA) is 40.5 Å². The molecule has 0 spiro atoms. The van der Waals surface area contributed by atoms with Crippen LogP contribution in [0.5, 0.6) is 0 Å². The van der Waals surface area contributed by atoms with Crippen LogP contribution in [0.2, 0.25) is 13.1 Å². The molecule has 0 bridgehead atoms. The minimum absolute atomic E-state index is 0.972. The summed E-state index contributed by atoms with van der Waals surface area (Å²) in [6.07, 6.45) is 0. The van der Waals surface area contributed by atoms with Crippen molar-refractivity contribution in [3.05, 3.63) is 0 Å². The van der Waals surface area contributed by atoms with Gasteiger partial charge in [-0.15, -0.1) is 11.1 Å². The maximum Gasteiger partial charge on any atom is 0.211 e. The molecule has 0 fully saturated rings. The smallest absolute Gasteiger partial charge is 0.211 e. The lowest BCUT2D eigenvalue weighted by Crippen LogP contribution is -2.26. The molecule has 0 saturated heterocycles. The molecule has 0 aromatic rings. The molecule has 0 aliphatic rings. The van der Waals surface area contributed by atoms with Crippen LogP contribution in [0.15, 0.2) is 0 Å². The zero-order valence-electron chi connectivity index (χ0n) is 10.4. The van der Waals surface area contributed by atoms with Crippen LogP contribution in [0.3, 0.4) is 0 Å². The van der Waals surface area contributed by atoms with Crippen molar-refractivity contribution in [3.8, 4) is 22.9 Å². The quantitative estimate of drug-likeness (QED) is 0.481. The van der Waals surface area contributed by atoms with Gasteiger partial charge in [0.1, 0.15) is 11.2 Å². The van der Waals surface area contributed by atoms with E-state index in [-0.39, 0.29) is 0 Å². The molecule has 0 amide bonds. The summed E-state index contributed by atoms with van der Waals surface area (Å²) < 4.78 is 0. The van der Waals surface area contributed by atoms with Gasteiger partial charge in [0.25, 0.3) is 0 Å². The van der Waals surface area contributed by atoms with Crippen molar-refractivity contribution in [3.63, 3.8) is 0 Å². The van der Waals surface area contributed by atoms with Gasteiger partial charge >= 0.3 is 0 Å². The monoisotopic (exact) mass is 224 g/mol. The predicted molar refractivity (Wildman–Crippen MR) is 65.6 cm³/mol. The minimum atomic E-state index is -1.97. The molecule has 0 rings (SSSR count). The average molecular weight is 224 g/mol. The second-order valence-corrected chi connectivity index (χ2v) is 8.99. The van der Waals surface area contributed by atoms with Crippen LogP contribution in [0, 0.1) is 22.9 Å². The van der Waals surface area contributed by atoms with Gasteiger partial charge in [-0.05, 0) is 40.8 Å². The van der Waals surface area contributed by atoms with Crippen LogP contribution in [0.25, 0.3) is 0 Å². The Morgan fingerprint density at radius 3 is 1.27 bits per heavy atom. The summed E-state index contributed by atoms with van der Waals surface area (Å²) in [6, 6.07) is 0. The van der Waals surface area contributed by atoms with Gasteiger partial charge in [-0.25, -0.2) is 0 Å². The first-order chi connectivity index (χ1) is 6.41. The molecule has 0 saturated carbocycles. The molecule has 0 aliphatic carbocycles. The fourth-order valence-corrected chi connectivity index (χ4v) is 1.95. The van der Waals surface area contributed by atoms with Crippen molar-refractivity contribution in [1.29, 1.82) is 0 Å². The fourth-order valence-electron chi connectivity index (χ4n) is 0.650. The van der Waals surface area contributed by atoms with Crippen molar-refractivity contribution < 1.29 is 10.2 Å². The van der Waals surface area contributed by atoms with Crippen LogP contribution in [-0.4, -0.2) is 29.5 Å². The highest BCUT2D eigenvalue weighted by Crippen LogP contribution is 2.04. The second-order valence-electron chi connectivity index (χ2n) is 5.24. The van der Waals surface area contributed by atoms with Gasteiger partial charge in [-0.2, -0.15) is 0 Å². The summed E-state index contributed by atoms with van der Waals surface area (Å²) in [5, 5.41) is 18.9. The first kappa shape index (κ1) is 14.3. The van der Waals surface area contributed by atoms with Crippen LogP contribution >= 0.6 is 0 Å². The molecule has 0 aromatic carbocycles. The second kappa shape index (κ2) is 4.41. The van der Waals surface area contributed by atoms with Gasteiger partial charge in [0, 0.05) is 0 Å². The summed E-state index contributed by atoms with van der Waals surface area (Å²) in [5.74, 6) is 5.56. The predicted octanol–water partition coefficient (Wildman–Crippen LogP) is 1.32.